The van der Waals surface area contributed by atoms with Gasteiger partial charge in [0.1, 0.15) is 12.3 Å². The monoisotopic (exact) mass is 497 g/mol. The summed E-state index contributed by atoms with van der Waals surface area (Å²) in [7, 11) is 0.419. The van der Waals surface area contributed by atoms with E-state index in [-0.39, 0.29) is 10.6 Å². The summed E-state index contributed by atoms with van der Waals surface area (Å²) in [6, 6.07) is 19.7. The number of nitrogens with zero attached hydrogens (tertiary/aromatic N) is 2. The SMILES string of the molecule is COc1ccc(C(C)=NNC(=O)CN(c2ccccc2OC)S(=O)(=O)c2ccccc2)cc1OC. The summed E-state index contributed by atoms with van der Waals surface area (Å²) in [5, 5.41) is 4.14. The molecular weight excluding hydrogens is 470 g/mol. The van der Waals surface area contributed by atoms with Crippen molar-refractivity contribution in [1.82, 2.24) is 5.43 Å². The van der Waals surface area contributed by atoms with Crippen molar-refractivity contribution in [2.24, 2.45) is 5.10 Å². The van der Waals surface area contributed by atoms with Crippen LogP contribution in [0.3, 0.4) is 0 Å². The molecule has 0 radical (unpaired) electrons. The lowest BCUT2D eigenvalue weighted by molar-refractivity contribution is -0.119. The van der Waals surface area contributed by atoms with E-state index in [4.69, 9.17) is 14.2 Å². The van der Waals surface area contributed by atoms with Crippen molar-refractivity contribution in [2.75, 3.05) is 32.2 Å². The van der Waals surface area contributed by atoms with Gasteiger partial charge in [-0.05, 0) is 49.4 Å². The van der Waals surface area contributed by atoms with Crippen LogP contribution in [0, 0.1) is 0 Å². The Morgan fingerprint density at radius 1 is 0.857 bits per heavy atom. The first-order valence-corrected chi connectivity index (χ1v) is 12.0. The number of hydrazone groups is 1. The Bertz CT molecular complexity index is 1310. The second kappa shape index (κ2) is 11.4. The Labute approximate surface area is 205 Å². The molecule has 0 spiro atoms. The topological polar surface area (TPSA) is 107 Å². The average molecular weight is 498 g/mol. The lowest BCUT2D eigenvalue weighted by atomic mass is 10.1. The standard InChI is InChI=1S/C25H27N3O6S/c1-18(19-14-15-23(33-3)24(16-19)34-4)26-27-25(29)17-28(21-12-8-9-13-22(21)32-2)35(30,31)20-10-6-5-7-11-20/h5-16H,17H2,1-4H3,(H,27,29). The first-order chi connectivity index (χ1) is 16.8. The number of carbonyl (C=O) groups is 1. The van der Waals surface area contributed by atoms with Gasteiger partial charge in [0.2, 0.25) is 0 Å². The fraction of sp³-hybridized carbons (Fsp3) is 0.200. The third-order valence-corrected chi connectivity index (χ3v) is 6.90. The third-order valence-electron chi connectivity index (χ3n) is 5.12. The maximum absolute atomic E-state index is 13.5. The summed E-state index contributed by atoms with van der Waals surface area (Å²) in [5.41, 5.74) is 3.86. The van der Waals surface area contributed by atoms with Crippen LogP contribution >= 0.6 is 0 Å². The smallest absolute Gasteiger partial charge is 0.264 e. The molecule has 3 rings (SSSR count). The fourth-order valence-electron chi connectivity index (χ4n) is 3.29. The Morgan fingerprint density at radius 2 is 1.49 bits per heavy atom. The number of anilines is 1. The molecular formula is C25H27N3O6S. The van der Waals surface area contributed by atoms with E-state index in [9.17, 15) is 13.2 Å². The zero-order valence-corrected chi connectivity index (χ0v) is 20.7. The first kappa shape index (κ1) is 25.6. The third kappa shape index (κ3) is 5.90. The van der Waals surface area contributed by atoms with Crippen molar-refractivity contribution in [3.05, 3.63) is 78.4 Å². The van der Waals surface area contributed by atoms with Crippen LogP contribution in [-0.2, 0) is 14.8 Å². The largest absolute Gasteiger partial charge is 0.495 e. The quantitative estimate of drug-likeness (QED) is 0.340. The lowest BCUT2D eigenvalue weighted by Gasteiger charge is -2.25. The number of sulfonamides is 1. The van der Waals surface area contributed by atoms with Crippen LogP contribution in [0.4, 0.5) is 5.69 Å². The summed E-state index contributed by atoms with van der Waals surface area (Å²) in [6.07, 6.45) is 0. The Morgan fingerprint density at radius 3 is 2.14 bits per heavy atom. The second-order valence-corrected chi connectivity index (χ2v) is 9.16. The Kier molecular flexibility index (Phi) is 8.32. The number of benzene rings is 3. The van der Waals surface area contributed by atoms with Gasteiger partial charge in [-0.3, -0.25) is 9.10 Å². The van der Waals surface area contributed by atoms with Gasteiger partial charge in [0.15, 0.2) is 11.5 Å². The Hall–Kier alpha value is -4.05. The number of amides is 1. The predicted octanol–water partition coefficient (Wildman–Crippen LogP) is 3.45. The van der Waals surface area contributed by atoms with Crippen molar-refractivity contribution >= 4 is 27.3 Å². The van der Waals surface area contributed by atoms with Crippen LogP contribution in [0.25, 0.3) is 0 Å². The fourth-order valence-corrected chi connectivity index (χ4v) is 4.75. The number of hydrogen-bond donors (Lipinski definition) is 1. The molecule has 0 bridgehead atoms. The van der Waals surface area contributed by atoms with Crippen molar-refractivity contribution in [3.63, 3.8) is 0 Å². The molecule has 0 heterocycles. The number of nitrogens with one attached hydrogen (secondary N) is 1. The lowest BCUT2D eigenvalue weighted by Crippen LogP contribution is -2.40. The van der Waals surface area contributed by atoms with Gasteiger partial charge in [-0.15, -0.1) is 0 Å². The van der Waals surface area contributed by atoms with E-state index in [0.717, 1.165) is 4.31 Å². The molecule has 0 saturated heterocycles. The molecule has 3 aromatic rings. The molecule has 0 aliphatic carbocycles. The molecule has 0 fully saturated rings. The molecule has 35 heavy (non-hydrogen) atoms. The van der Waals surface area contributed by atoms with Crippen molar-refractivity contribution < 1.29 is 27.4 Å². The molecule has 0 saturated carbocycles. The highest BCUT2D eigenvalue weighted by Gasteiger charge is 2.29. The van der Waals surface area contributed by atoms with Gasteiger partial charge in [-0.25, -0.2) is 13.8 Å². The molecule has 0 aromatic heterocycles. The zero-order valence-electron chi connectivity index (χ0n) is 19.9. The average Bonchev–Trinajstić information content (AvgIpc) is 2.90. The van der Waals surface area contributed by atoms with Crippen LogP contribution in [0.5, 0.6) is 17.2 Å². The van der Waals surface area contributed by atoms with E-state index in [1.54, 1.807) is 67.6 Å². The second-order valence-electron chi connectivity index (χ2n) is 7.30. The summed E-state index contributed by atoms with van der Waals surface area (Å²) in [5.74, 6) is 0.758. The van der Waals surface area contributed by atoms with Gasteiger partial charge in [0.25, 0.3) is 15.9 Å². The van der Waals surface area contributed by atoms with Gasteiger partial charge in [0.05, 0.1) is 37.6 Å². The van der Waals surface area contributed by atoms with Crippen molar-refractivity contribution in [2.45, 2.75) is 11.8 Å². The van der Waals surface area contributed by atoms with E-state index in [0.29, 0.717) is 28.5 Å². The maximum Gasteiger partial charge on any atom is 0.264 e. The molecule has 3 aromatic carbocycles. The van der Waals surface area contributed by atoms with E-state index in [1.807, 2.05) is 0 Å². The molecule has 0 aliphatic heterocycles. The number of rotatable bonds is 10. The minimum absolute atomic E-state index is 0.0451. The van der Waals surface area contributed by atoms with Gasteiger partial charge in [-0.2, -0.15) is 5.10 Å². The Balaban J connectivity index is 1.89. The molecule has 0 atom stereocenters. The molecule has 0 aliphatic rings. The predicted molar refractivity (Wildman–Crippen MR) is 134 cm³/mol. The van der Waals surface area contributed by atoms with E-state index in [1.165, 1.54) is 33.5 Å². The van der Waals surface area contributed by atoms with Crippen molar-refractivity contribution in [1.29, 1.82) is 0 Å². The van der Waals surface area contributed by atoms with Crippen LogP contribution < -0.4 is 23.9 Å². The highest BCUT2D eigenvalue weighted by atomic mass is 32.2. The molecule has 184 valence electrons. The number of para-hydroxylation sites is 2. The number of methoxy groups -OCH3 is 3. The van der Waals surface area contributed by atoms with Crippen LogP contribution in [0.15, 0.2) is 82.8 Å². The highest BCUT2D eigenvalue weighted by Crippen LogP contribution is 2.32. The van der Waals surface area contributed by atoms with Gasteiger partial charge < -0.3 is 14.2 Å². The number of ether oxygens (including phenoxy) is 3. The van der Waals surface area contributed by atoms with E-state index < -0.39 is 22.5 Å². The number of carbonyl (C=O) groups excluding carboxylic acids is 1. The zero-order chi connectivity index (χ0) is 25.4. The van der Waals surface area contributed by atoms with Crippen LogP contribution in [0.2, 0.25) is 0 Å². The summed E-state index contributed by atoms with van der Waals surface area (Å²) in [4.78, 5) is 12.9. The van der Waals surface area contributed by atoms with Crippen LogP contribution in [-0.4, -0.2) is 47.9 Å². The van der Waals surface area contributed by atoms with Crippen LogP contribution in [0.1, 0.15) is 12.5 Å². The number of hydrogen-bond acceptors (Lipinski definition) is 7. The summed E-state index contributed by atoms with van der Waals surface area (Å²) in [6.45, 7) is 1.19. The summed E-state index contributed by atoms with van der Waals surface area (Å²) >= 11 is 0. The first-order valence-electron chi connectivity index (χ1n) is 10.6. The van der Waals surface area contributed by atoms with Gasteiger partial charge in [-0.1, -0.05) is 30.3 Å². The molecule has 1 N–H and O–H groups in total. The molecule has 9 nitrogen and oxygen atoms in total. The highest BCUT2D eigenvalue weighted by molar-refractivity contribution is 7.92. The minimum Gasteiger partial charge on any atom is -0.495 e. The normalized spacial score (nSPS) is 11.5. The van der Waals surface area contributed by atoms with Crippen molar-refractivity contribution in [3.8, 4) is 17.2 Å². The minimum atomic E-state index is -4.08. The molecule has 10 heteroatoms. The van der Waals surface area contributed by atoms with E-state index in [2.05, 4.69) is 10.5 Å². The maximum atomic E-state index is 13.5. The summed E-state index contributed by atoms with van der Waals surface area (Å²) < 4.78 is 43.8. The van der Waals surface area contributed by atoms with E-state index >= 15 is 0 Å². The van der Waals surface area contributed by atoms with Gasteiger partial charge >= 0.3 is 0 Å². The molecule has 1 amide bonds. The molecule has 0 unspecified atom stereocenters. The van der Waals surface area contributed by atoms with Gasteiger partial charge in [0, 0.05) is 5.56 Å².